The summed E-state index contributed by atoms with van der Waals surface area (Å²) in [6.07, 6.45) is 0.241. The number of carboxylic acids is 1. The van der Waals surface area contributed by atoms with Crippen LogP contribution in [0.2, 0.25) is 0 Å². The number of nitrogens with one attached hydrogen (secondary N) is 1. The number of carbonyl (C=O) groups excluding carboxylic acids is 2. The second kappa shape index (κ2) is 5.77. The summed E-state index contributed by atoms with van der Waals surface area (Å²) in [4.78, 5) is 36.1. The van der Waals surface area contributed by atoms with Crippen LogP contribution in [0.4, 0.5) is 0 Å². The number of nitrogens with zero attached hydrogens (tertiary/aromatic N) is 1. The number of carbonyl (C=O) groups is 3. The van der Waals surface area contributed by atoms with Crippen molar-refractivity contribution >= 4 is 17.8 Å². The highest BCUT2D eigenvalue weighted by atomic mass is 16.4. The Labute approximate surface area is 115 Å². The van der Waals surface area contributed by atoms with Gasteiger partial charge in [-0.3, -0.25) is 14.4 Å². The monoisotopic (exact) mass is 280 g/mol. The van der Waals surface area contributed by atoms with Gasteiger partial charge in [-0.05, 0) is 12.1 Å². The molecule has 0 aromatic carbocycles. The summed E-state index contributed by atoms with van der Waals surface area (Å²) in [5.74, 6) is -1.23. The van der Waals surface area contributed by atoms with Crippen LogP contribution in [0.25, 0.3) is 0 Å². The van der Waals surface area contributed by atoms with Crippen molar-refractivity contribution in [2.45, 2.75) is 25.8 Å². The first-order chi connectivity index (χ1) is 9.52. The molecule has 1 aliphatic rings. The summed E-state index contributed by atoms with van der Waals surface area (Å²) in [5, 5.41) is 11.4. The molecule has 7 nitrogen and oxygen atoms in total. The largest absolute Gasteiger partial charge is 0.481 e. The van der Waals surface area contributed by atoms with Gasteiger partial charge in [0.25, 0.3) is 5.91 Å². The fourth-order valence-corrected chi connectivity index (χ4v) is 2.15. The minimum Gasteiger partial charge on any atom is -0.481 e. The number of piperazine rings is 1. The number of carboxylic acid groups (broad SMARTS) is 1. The average Bonchev–Trinajstić information content (AvgIpc) is 2.88. The van der Waals surface area contributed by atoms with Crippen LogP contribution in [0.5, 0.6) is 0 Å². The third-order valence-corrected chi connectivity index (χ3v) is 3.18. The van der Waals surface area contributed by atoms with Gasteiger partial charge in [-0.15, -0.1) is 0 Å². The maximum absolute atomic E-state index is 12.3. The van der Waals surface area contributed by atoms with Gasteiger partial charge in [0.2, 0.25) is 5.91 Å². The van der Waals surface area contributed by atoms with E-state index in [-0.39, 0.29) is 12.3 Å². The van der Waals surface area contributed by atoms with E-state index in [4.69, 9.17) is 9.52 Å². The molecule has 108 valence electrons. The second-order valence-corrected chi connectivity index (χ2v) is 4.52. The molecule has 1 fully saturated rings. The molecule has 1 unspecified atom stereocenters. The zero-order valence-corrected chi connectivity index (χ0v) is 11.1. The Morgan fingerprint density at radius 3 is 2.85 bits per heavy atom. The fraction of sp³-hybridized carbons (Fsp3) is 0.462. The Bertz CT molecular complexity index is 537. The zero-order chi connectivity index (χ0) is 14.7. The van der Waals surface area contributed by atoms with Gasteiger partial charge in [0.1, 0.15) is 11.8 Å². The molecular weight excluding hydrogens is 264 g/mol. The summed E-state index contributed by atoms with van der Waals surface area (Å²) >= 11 is 0. The van der Waals surface area contributed by atoms with E-state index in [2.05, 4.69) is 5.32 Å². The van der Waals surface area contributed by atoms with Gasteiger partial charge >= 0.3 is 5.97 Å². The van der Waals surface area contributed by atoms with Crippen LogP contribution >= 0.6 is 0 Å². The Kier molecular flexibility index (Phi) is 4.07. The molecule has 7 heteroatoms. The number of furan rings is 1. The lowest BCUT2D eigenvalue weighted by Crippen LogP contribution is -2.57. The topological polar surface area (TPSA) is 99.9 Å². The molecule has 20 heavy (non-hydrogen) atoms. The van der Waals surface area contributed by atoms with Gasteiger partial charge in [-0.25, -0.2) is 0 Å². The van der Waals surface area contributed by atoms with Gasteiger partial charge in [-0.1, -0.05) is 6.92 Å². The first-order valence-corrected chi connectivity index (χ1v) is 6.42. The van der Waals surface area contributed by atoms with E-state index in [0.29, 0.717) is 18.7 Å². The zero-order valence-electron chi connectivity index (χ0n) is 11.1. The van der Waals surface area contributed by atoms with E-state index in [1.165, 1.54) is 4.90 Å². The van der Waals surface area contributed by atoms with Gasteiger partial charge in [0.05, 0.1) is 6.42 Å². The van der Waals surface area contributed by atoms with E-state index in [0.717, 1.165) is 0 Å². The highest BCUT2D eigenvalue weighted by Gasteiger charge is 2.36. The number of amides is 2. The molecular formula is C13H16N2O5. The summed E-state index contributed by atoms with van der Waals surface area (Å²) in [6.45, 7) is 2.47. The maximum atomic E-state index is 12.3. The van der Waals surface area contributed by atoms with Crippen molar-refractivity contribution in [1.82, 2.24) is 10.2 Å². The minimum absolute atomic E-state index is 0.131. The third kappa shape index (κ3) is 2.81. The van der Waals surface area contributed by atoms with Gasteiger partial charge in [-0.2, -0.15) is 0 Å². The van der Waals surface area contributed by atoms with Crippen LogP contribution in [0, 0.1) is 0 Å². The van der Waals surface area contributed by atoms with E-state index in [1.807, 2.05) is 6.92 Å². The van der Waals surface area contributed by atoms with Gasteiger partial charge < -0.3 is 19.7 Å². The Hall–Kier alpha value is -2.31. The summed E-state index contributed by atoms with van der Waals surface area (Å²) in [7, 11) is 0. The SMILES string of the molecule is CCc1ccc(C(=O)N2CCNC(=O)C2CC(=O)O)o1. The lowest BCUT2D eigenvalue weighted by Gasteiger charge is -2.33. The molecule has 1 aromatic heterocycles. The van der Waals surface area contributed by atoms with Crippen molar-refractivity contribution in [1.29, 1.82) is 0 Å². The van der Waals surface area contributed by atoms with Crippen molar-refractivity contribution in [2.24, 2.45) is 0 Å². The standard InChI is InChI=1S/C13H16N2O5/c1-2-8-3-4-10(20-8)13(19)15-6-5-14-12(18)9(15)7-11(16)17/h3-4,9H,2,5-7H2,1H3,(H,14,18)(H,16,17). The number of rotatable bonds is 4. The van der Waals surface area contributed by atoms with E-state index < -0.39 is 30.2 Å². The predicted molar refractivity (Wildman–Crippen MR) is 68.2 cm³/mol. The molecule has 1 aliphatic heterocycles. The smallest absolute Gasteiger partial charge is 0.305 e. The molecule has 2 heterocycles. The van der Waals surface area contributed by atoms with E-state index in [9.17, 15) is 14.4 Å². The van der Waals surface area contributed by atoms with Crippen LogP contribution in [-0.4, -0.2) is 46.9 Å². The number of aryl methyl sites for hydroxylation is 1. The minimum atomic E-state index is -1.13. The summed E-state index contributed by atoms with van der Waals surface area (Å²) < 4.78 is 5.37. The maximum Gasteiger partial charge on any atom is 0.305 e. The van der Waals surface area contributed by atoms with Gasteiger partial charge in [0, 0.05) is 19.5 Å². The second-order valence-electron chi connectivity index (χ2n) is 4.52. The molecule has 0 radical (unpaired) electrons. The molecule has 0 saturated carbocycles. The molecule has 0 spiro atoms. The Balaban J connectivity index is 2.20. The molecule has 1 atom stereocenters. The van der Waals surface area contributed by atoms with Gasteiger partial charge in [0.15, 0.2) is 5.76 Å². The first-order valence-electron chi connectivity index (χ1n) is 6.42. The van der Waals surface area contributed by atoms with Crippen molar-refractivity contribution in [3.05, 3.63) is 23.7 Å². The Morgan fingerprint density at radius 2 is 2.25 bits per heavy atom. The van der Waals surface area contributed by atoms with Crippen molar-refractivity contribution in [3.63, 3.8) is 0 Å². The molecule has 1 saturated heterocycles. The summed E-state index contributed by atoms with van der Waals surface area (Å²) in [6, 6.07) is 2.25. The van der Waals surface area contributed by atoms with Crippen molar-refractivity contribution < 1.29 is 23.9 Å². The fourth-order valence-electron chi connectivity index (χ4n) is 2.15. The molecule has 0 aliphatic carbocycles. The van der Waals surface area contributed by atoms with Crippen LogP contribution in [0.1, 0.15) is 29.7 Å². The van der Waals surface area contributed by atoms with Crippen molar-refractivity contribution in [2.75, 3.05) is 13.1 Å². The van der Waals surface area contributed by atoms with Crippen LogP contribution < -0.4 is 5.32 Å². The van der Waals surface area contributed by atoms with Crippen LogP contribution in [0.15, 0.2) is 16.5 Å². The van der Waals surface area contributed by atoms with Crippen LogP contribution in [-0.2, 0) is 16.0 Å². The Morgan fingerprint density at radius 1 is 1.50 bits per heavy atom. The average molecular weight is 280 g/mol. The van der Waals surface area contributed by atoms with Crippen LogP contribution in [0.3, 0.4) is 0 Å². The number of hydrogen-bond donors (Lipinski definition) is 2. The van der Waals surface area contributed by atoms with E-state index >= 15 is 0 Å². The molecule has 0 bridgehead atoms. The quantitative estimate of drug-likeness (QED) is 0.824. The normalized spacial score (nSPS) is 18.8. The highest BCUT2D eigenvalue weighted by molar-refractivity contribution is 5.97. The van der Waals surface area contributed by atoms with Crippen molar-refractivity contribution in [3.8, 4) is 0 Å². The summed E-state index contributed by atoms with van der Waals surface area (Å²) in [5.41, 5.74) is 0. The highest BCUT2D eigenvalue weighted by Crippen LogP contribution is 2.16. The number of hydrogen-bond acceptors (Lipinski definition) is 4. The molecule has 1 aromatic rings. The molecule has 2 rings (SSSR count). The third-order valence-electron chi connectivity index (χ3n) is 3.18. The predicted octanol–water partition coefficient (Wildman–Crippen LogP) is 0.257. The lowest BCUT2D eigenvalue weighted by atomic mass is 10.1. The molecule has 2 N–H and O–H groups in total. The lowest BCUT2D eigenvalue weighted by molar-refractivity contribution is -0.142. The first kappa shape index (κ1) is 14.1. The van der Waals surface area contributed by atoms with E-state index in [1.54, 1.807) is 12.1 Å². The molecule has 2 amide bonds. The number of aliphatic carboxylic acids is 1.